The summed E-state index contributed by atoms with van der Waals surface area (Å²) in [6.07, 6.45) is 7.31. The van der Waals surface area contributed by atoms with Gasteiger partial charge in [0.15, 0.2) is 10.9 Å². The number of hydrogen-bond donors (Lipinski definition) is 2. The Bertz CT molecular complexity index is 1870. The van der Waals surface area contributed by atoms with Crippen molar-refractivity contribution in [2.24, 2.45) is 0 Å². The molecule has 1 aliphatic carbocycles. The summed E-state index contributed by atoms with van der Waals surface area (Å²) in [5.74, 6) is 0.434. The summed E-state index contributed by atoms with van der Waals surface area (Å²) in [5.41, 5.74) is 10.1. The van der Waals surface area contributed by atoms with Crippen LogP contribution in [0.1, 0.15) is 62.9 Å². The Hall–Kier alpha value is -4.94. The minimum atomic E-state index is -0.0837. The van der Waals surface area contributed by atoms with Crippen LogP contribution in [0.2, 0.25) is 0 Å². The zero-order valence-corrected chi connectivity index (χ0v) is 24.9. The molecule has 6 heteroatoms. The van der Waals surface area contributed by atoms with Crippen molar-refractivity contribution in [2.45, 2.75) is 24.7 Å². The van der Waals surface area contributed by atoms with Gasteiger partial charge in [-0.25, -0.2) is 0 Å². The number of ketones is 1. The molecule has 0 bridgehead atoms. The number of nitrogens with one attached hydrogen (secondary N) is 1. The second-order valence-corrected chi connectivity index (χ2v) is 12.7. The maximum absolute atomic E-state index is 12.8. The van der Waals surface area contributed by atoms with Crippen LogP contribution in [0.3, 0.4) is 0 Å². The van der Waals surface area contributed by atoms with E-state index < -0.39 is 0 Å². The fraction of sp³-hybridized carbons (Fsp3) is 0.158. The molecule has 0 spiro atoms. The highest BCUT2D eigenvalue weighted by molar-refractivity contribution is 7.16. The standard InChI is InChI=1S/C38H31N3O2S/c42-34-16-15-26-13-7-8-14-28(26)31(34)23-35-37(43)40-38(44-35)39-27-21-32-29(24-9-3-1-4-10-24)17-19-41-20-18-30(33(22-27)36(32)41)25-11-5-2-6-12-25/h1-16,21-23,29-30,43H,17-20H2,(H,39,40)/t29-,30-/m0/s1. The van der Waals surface area contributed by atoms with Crippen molar-refractivity contribution in [3.05, 3.63) is 141 Å². The van der Waals surface area contributed by atoms with Gasteiger partial charge in [0.2, 0.25) is 5.88 Å². The molecule has 0 amide bonds. The van der Waals surface area contributed by atoms with Crippen LogP contribution in [-0.2, 0) is 4.79 Å². The number of rotatable bonds is 5. The average molecular weight is 594 g/mol. The molecule has 2 N–H and O–H groups in total. The van der Waals surface area contributed by atoms with Crippen molar-refractivity contribution in [2.75, 3.05) is 23.3 Å². The number of carbonyl (C=O) groups is 1. The largest absolute Gasteiger partial charge is 0.492 e. The Balaban J connectivity index is 1.20. The zero-order chi connectivity index (χ0) is 29.6. The minimum absolute atomic E-state index is 0.0803. The maximum Gasteiger partial charge on any atom is 0.231 e. The lowest BCUT2D eigenvalue weighted by Gasteiger charge is -2.43. The van der Waals surface area contributed by atoms with Crippen LogP contribution < -0.4 is 10.2 Å². The summed E-state index contributed by atoms with van der Waals surface area (Å²) in [4.78, 5) is 20.4. The Kier molecular flexibility index (Phi) is 6.64. The van der Waals surface area contributed by atoms with Crippen molar-refractivity contribution in [3.8, 4) is 5.88 Å². The quantitative estimate of drug-likeness (QED) is 0.200. The van der Waals surface area contributed by atoms with E-state index in [0.717, 1.165) is 42.7 Å². The number of allylic oxidation sites excluding steroid dienone is 2. The Morgan fingerprint density at radius 2 is 1.43 bits per heavy atom. The van der Waals surface area contributed by atoms with E-state index in [4.69, 9.17) is 0 Å². The van der Waals surface area contributed by atoms with Gasteiger partial charge in [0, 0.05) is 41.9 Å². The van der Waals surface area contributed by atoms with Gasteiger partial charge in [-0.15, -0.1) is 0 Å². The van der Waals surface area contributed by atoms with Crippen LogP contribution >= 0.6 is 11.3 Å². The Morgan fingerprint density at radius 3 is 2.09 bits per heavy atom. The molecular formula is C38H31N3O2S. The summed E-state index contributed by atoms with van der Waals surface area (Å²) < 4.78 is 0. The molecule has 0 unspecified atom stereocenters. The number of anilines is 3. The average Bonchev–Trinajstić information content (AvgIpc) is 3.41. The number of thiazole rings is 1. The molecule has 0 radical (unpaired) electrons. The molecule has 1 aromatic heterocycles. The van der Waals surface area contributed by atoms with Crippen LogP contribution in [-0.4, -0.2) is 29.0 Å². The third-order valence-corrected chi connectivity index (χ3v) is 10.0. The molecule has 216 valence electrons. The number of nitrogens with zero attached hydrogens (tertiary/aromatic N) is 2. The minimum Gasteiger partial charge on any atom is -0.492 e. The zero-order valence-electron chi connectivity index (χ0n) is 24.1. The van der Waals surface area contributed by atoms with Gasteiger partial charge in [-0.3, -0.25) is 4.79 Å². The highest BCUT2D eigenvalue weighted by Gasteiger charge is 2.35. The topological polar surface area (TPSA) is 65.5 Å². The van der Waals surface area contributed by atoms with Crippen LogP contribution in [0.5, 0.6) is 5.88 Å². The number of fused-ring (bicyclic) bond motifs is 1. The summed E-state index contributed by atoms with van der Waals surface area (Å²) >= 11 is 1.35. The lowest BCUT2D eigenvalue weighted by Crippen LogP contribution is -2.37. The maximum atomic E-state index is 12.8. The first kappa shape index (κ1) is 26.7. The fourth-order valence-corrected chi connectivity index (χ4v) is 7.90. The van der Waals surface area contributed by atoms with Gasteiger partial charge in [-0.05, 0) is 70.5 Å². The molecular weight excluding hydrogens is 563 g/mol. The van der Waals surface area contributed by atoms with Gasteiger partial charge in [0.25, 0.3) is 0 Å². The van der Waals surface area contributed by atoms with Gasteiger partial charge in [0.1, 0.15) is 0 Å². The number of benzene rings is 4. The predicted octanol–water partition coefficient (Wildman–Crippen LogP) is 8.61. The second-order valence-electron chi connectivity index (χ2n) is 11.7. The monoisotopic (exact) mass is 593 g/mol. The van der Waals surface area contributed by atoms with E-state index in [0.29, 0.717) is 27.4 Å². The van der Waals surface area contributed by atoms with Gasteiger partial charge >= 0.3 is 0 Å². The highest BCUT2D eigenvalue weighted by atomic mass is 32.1. The van der Waals surface area contributed by atoms with E-state index in [1.807, 2.05) is 30.3 Å². The molecule has 5 aromatic rings. The predicted molar refractivity (Wildman–Crippen MR) is 180 cm³/mol. The second kappa shape index (κ2) is 11.0. The van der Waals surface area contributed by atoms with Gasteiger partial charge in [-0.2, -0.15) is 4.98 Å². The van der Waals surface area contributed by atoms with Crippen molar-refractivity contribution in [3.63, 3.8) is 0 Å². The van der Waals surface area contributed by atoms with E-state index in [2.05, 4.69) is 88.0 Å². The number of hydrogen-bond acceptors (Lipinski definition) is 6. The molecule has 8 rings (SSSR count). The summed E-state index contributed by atoms with van der Waals surface area (Å²) in [6, 6.07) is 34.0. The van der Waals surface area contributed by atoms with Gasteiger partial charge in [-0.1, -0.05) is 102 Å². The van der Waals surface area contributed by atoms with Crippen LogP contribution in [0.25, 0.3) is 17.7 Å². The molecule has 3 heterocycles. The van der Waals surface area contributed by atoms with E-state index in [9.17, 15) is 9.90 Å². The third kappa shape index (κ3) is 4.72. The first-order chi connectivity index (χ1) is 21.6. The van der Waals surface area contributed by atoms with Crippen molar-refractivity contribution >= 4 is 51.4 Å². The van der Waals surface area contributed by atoms with Gasteiger partial charge < -0.3 is 15.3 Å². The molecule has 4 aromatic carbocycles. The van der Waals surface area contributed by atoms with Crippen LogP contribution in [0.4, 0.5) is 16.5 Å². The third-order valence-electron chi connectivity index (χ3n) is 9.11. The number of aromatic nitrogens is 1. The van der Waals surface area contributed by atoms with E-state index >= 15 is 0 Å². The van der Waals surface area contributed by atoms with Crippen molar-refractivity contribution < 1.29 is 9.90 Å². The van der Waals surface area contributed by atoms with E-state index in [1.54, 1.807) is 12.2 Å². The number of carbonyl (C=O) groups excluding carboxylic acids is 1. The lowest BCUT2D eigenvalue weighted by molar-refractivity contribution is -0.109. The fourth-order valence-electron chi connectivity index (χ4n) is 7.08. The molecule has 3 aliphatic rings. The highest BCUT2D eigenvalue weighted by Crippen LogP contribution is 2.50. The van der Waals surface area contributed by atoms with Gasteiger partial charge in [0.05, 0.1) is 4.88 Å². The summed E-state index contributed by atoms with van der Waals surface area (Å²) in [6.45, 7) is 2.09. The Labute approximate surface area is 260 Å². The van der Waals surface area contributed by atoms with Crippen LogP contribution in [0, 0.1) is 0 Å². The van der Waals surface area contributed by atoms with E-state index in [1.165, 1.54) is 39.3 Å². The normalized spacial score (nSPS) is 19.5. The van der Waals surface area contributed by atoms with Crippen molar-refractivity contribution in [1.82, 2.24) is 4.98 Å². The molecule has 0 fully saturated rings. The number of aromatic hydroxyl groups is 1. The first-order valence-corrected chi connectivity index (χ1v) is 16.0. The van der Waals surface area contributed by atoms with E-state index in [-0.39, 0.29) is 11.7 Å². The molecule has 44 heavy (non-hydrogen) atoms. The molecule has 2 atom stereocenters. The first-order valence-electron chi connectivity index (χ1n) is 15.2. The molecule has 0 saturated carbocycles. The molecule has 2 aliphatic heterocycles. The molecule has 0 saturated heterocycles. The van der Waals surface area contributed by atoms with Crippen LogP contribution in [0.15, 0.2) is 103 Å². The van der Waals surface area contributed by atoms with Crippen molar-refractivity contribution in [1.29, 1.82) is 0 Å². The summed E-state index contributed by atoms with van der Waals surface area (Å²) in [7, 11) is 0. The smallest absolute Gasteiger partial charge is 0.231 e. The Morgan fingerprint density at radius 1 is 0.818 bits per heavy atom. The summed E-state index contributed by atoms with van der Waals surface area (Å²) in [5, 5.41) is 15.0. The lowest BCUT2D eigenvalue weighted by atomic mass is 9.76. The molecule has 5 nitrogen and oxygen atoms in total. The SMILES string of the molecule is O=C1C=Cc2ccccc2C1=Cc1sc(Nc2cc3c4c(c2)[C@H](c2ccccc2)CCN4CC[C@H]3c2ccccc2)nc1O.